The van der Waals surface area contributed by atoms with E-state index in [4.69, 9.17) is 4.74 Å². The van der Waals surface area contributed by atoms with E-state index in [2.05, 4.69) is 34.5 Å². The molecule has 0 unspecified atom stereocenters. The molecule has 0 aliphatic heterocycles. The van der Waals surface area contributed by atoms with Crippen LogP contribution in [0.5, 0.6) is 5.75 Å². The van der Waals surface area contributed by atoms with Crippen LogP contribution in [0, 0.1) is 6.92 Å². The summed E-state index contributed by atoms with van der Waals surface area (Å²) in [5, 5.41) is 14.1. The van der Waals surface area contributed by atoms with Crippen molar-refractivity contribution in [3.63, 3.8) is 0 Å². The lowest BCUT2D eigenvalue weighted by atomic mass is 10.1. The molecule has 6 nitrogen and oxygen atoms in total. The van der Waals surface area contributed by atoms with Crippen LogP contribution in [-0.2, 0) is 13.2 Å². The van der Waals surface area contributed by atoms with Gasteiger partial charge in [-0.25, -0.2) is 4.98 Å². The molecule has 166 valence electrons. The summed E-state index contributed by atoms with van der Waals surface area (Å²) < 4.78 is 7.87. The molecule has 0 saturated carbocycles. The third-order valence-corrected chi connectivity index (χ3v) is 7.14. The van der Waals surface area contributed by atoms with Gasteiger partial charge in [-0.15, -0.1) is 22.7 Å². The van der Waals surface area contributed by atoms with E-state index in [9.17, 15) is 4.79 Å². The lowest BCUT2D eigenvalue weighted by Gasteiger charge is -2.06. The topological polar surface area (TPSA) is 69.0 Å². The zero-order valence-corrected chi connectivity index (χ0v) is 19.9. The van der Waals surface area contributed by atoms with Gasteiger partial charge in [-0.1, -0.05) is 30.3 Å². The van der Waals surface area contributed by atoms with Crippen LogP contribution in [0.4, 0.5) is 5.13 Å². The number of benzene rings is 2. The fraction of sp³-hybridized carbons (Fsp3) is 0.160. The maximum Gasteiger partial charge on any atom is 0.267 e. The first kappa shape index (κ1) is 21.4. The minimum atomic E-state index is -0.168. The van der Waals surface area contributed by atoms with Gasteiger partial charge >= 0.3 is 0 Å². The molecule has 0 bridgehead atoms. The molecule has 0 atom stereocenters. The predicted octanol–water partition coefficient (Wildman–Crippen LogP) is 6.38. The minimum Gasteiger partial charge on any atom is -0.489 e. The number of thiophene rings is 1. The molecular weight excluding hydrogens is 452 g/mol. The highest BCUT2D eigenvalue weighted by atomic mass is 32.1. The molecule has 1 N–H and O–H groups in total. The number of anilines is 1. The van der Waals surface area contributed by atoms with Gasteiger partial charge in [-0.05, 0) is 48.2 Å². The van der Waals surface area contributed by atoms with Crippen LogP contribution in [0.25, 0.3) is 22.0 Å². The lowest BCUT2D eigenvalue weighted by molar-refractivity contribution is 0.103. The molecule has 0 saturated heterocycles. The summed E-state index contributed by atoms with van der Waals surface area (Å²) in [6.07, 6.45) is 1.82. The van der Waals surface area contributed by atoms with Crippen LogP contribution >= 0.6 is 22.7 Å². The van der Waals surface area contributed by atoms with Crippen molar-refractivity contribution in [2.24, 2.45) is 0 Å². The van der Waals surface area contributed by atoms with E-state index in [1.807, 2.05) is 65.0 Å². The van der Waals surface area contributed by atoms with E-state index in [1.54, 1.807) is 0 Å². The Balaban J connectivity index is 1.22. The first-order chi connectivity index (χ1) is 16.1. The number of hydrogen-bond acceptors (Lipinski definition) is 6. The predicted molar refractivity (Wildman–Crippen MR) is 134 cm³/mol. The van der Waals surface area contributed by atoms with E-state index in [0.717, 1.165) is 40.2 Å². The SMILES string of the molecule is CCn1ncc(-c2csc(NC(=O)c3cc(COc4ccc5ccccc5c4)cs3)n2)c1C. The van der Waals surface area contributed by atoms with E-state index in [-0.39, 0.29) is 5.91 Å². The van der Waals surface area contributed by atoms with Crippen molar-refractivity contribution in [1.82, 2.24) is 14.8 Å². The number of ether oxygens (including phenoxy) is 1. The largest absolute Gasteiger partial charge is 0.489 e. The molecule has 3 heterocycles. The van der Waals surface area contributed by atoms with Crippen molar-refractivity contribution < 1.29 is 9.53 Å². The Morgan fingerprint density at radius 2 is 1.94 bits per heavy atom. The lowest BCUT2D eigenvalue weighted by Crippen LogP contribution is -2.09. The maximum atomic E-state index is 12.7. The molecule has 0 spiro atoms. The number of amides is 1. The molecule has 0 radical (unpaired) electrons. The number of hydrogen-bond donors (Lipinski definition) is 1. The summed E-state index contributed by atoms with van der Waals surface area (Å²) in [5.41, 5.74) is 3.83. The van der Waals surface area contributed by atoms with Crippen LogP contribution in [0.3, 0.4) is 0 Å². The van der Waals surface area contributed by atoms with Crippen molar-refractivity contribution >= 4 is 44.5 Å². The number of aromatic nitrogens is 3. The number of thiazole rings is 1. The highest BCUT2D eigenvalue weighted by Crippen LogP contribution is 2.28. The van der Waals surface area contributed by atoms with Crippen LogP contribution in [0.2, 0.25) is 0 Å². The summed E-state index contributed by atoms with van der Waals surface area (Å²) in [4.78, 5) is 17.9. The molecule has 0 fully saturated rings. The van der Waals surface area contributed by atoms with Gasteiger partial charge in [0.25, 0.3) is 5.91 Å². The molecule has 5 aromatic rings. The Kier molecular flexibility index (Phi) is 5.93. The quantitative estimate of drug-likeness (QED) is 0.297. The average molecular weight is 475 g/mol. The van der Waals surface area contributed by atoms with Gasteiger partial charge in [-0.3, -0.25) is 14.8 Å². The zero-order valence-electron chi connectivity index (χ0n) is 18.2. The van der Waals surface area contributed by atoms with Crippen LogP contribution in [0.1, 0.15) is 27.9 Å². The van der Waals surface area contributed by atoms with Gasteiger partial charge < -0.3 is 4.74 Å². The van der Waals surface area contributed by atoms with Gasteiger partial charge in [-0.2, -0.15) is 5.10 Å². The minimum absolute atomic E-state index is 0.168. The smallest absolute Gasteiger partial charge is 0.267 e. The number of nitrogens with one attached hydrogen (secondary N) is 1. The second-order valence-corrected chi connectivity index (χ2v) is 9.34. The second-order valence-electron chi connectivity index (χ2n) is 7.57. The van der Waals surface area contributed by atoms with Gasteiger partial charge in [0.05, 0.1) is 16.8 Å². The molecule has 5 rings (SSSR count). The summed E-state index contributed by atoms with van der Waals surface area (Å²) in [6.45, 7) is 5.30. The number of rotatable bonds is 7. The Hall–Kier alpha value is -3.49. The summed E-state index contributed by atoms with van der Waals surface area (Å²) >= 11 is 2.81. The zero-order chi connectivity index (χ0) is 22.8. The Morgan fingerprint density at radius 1 is 1.09 bits per heavy atom. The van der Waals surface area contributed by atoms with E-state index in [1.165, 1.54) is 28.1 Å². The van der Waals surface area contributed by atoms with Gasteiger partial charge in [0.2, 0.25) is 0 Å². The highest BCUT2D eigenvalue weighted by Gasteiger charge is 2.15. The van der Waals surface area contributed by atoms with Crippen molar-refractivity contribution in [3.05, 3.63) is 81.6 Å². The van der Waals surface area contributed by atoms with Crippen molar-refractivity contribution in [1.29, 1.82) is 0 Å². The summed E-state index contributed by atoms with van der Waals surface area (Å²) in [6, 6.07) is 16.1. The monoisotopic (exact) mass is 474 g/mol. The van der Waals surface area contributed by atoms with Crippen LogP contribution in [-0.4, -0.2) is 20.7 Å². The maximum absolute atomic E-state index is 12.7. The van der Waals surface area contributed by atoms with Crippen LogP contribution in [0.15, 0.2) is 65.5 Å². The molecule has 8 heteroatoms. The van der Waals surface area contributed by atoms with Gasteiger partial charge in [0.15, 0.2) is 5.13 Å². The van der Waals surface area contributed by atoms with Crippen molar-refractivity contribution in [3.8, 4) is 17.0 Å². The standard InChI is InChI=1S/C25H22N4O2S2/c1-3-29-16(2)21(12-26-29)22-15-33-25(27-22)28-24(30)23-10-17(14-32-23)13-31-20-9-8-18-6-4-5-7-19(18)11-20/h4-12,14-15H,3,13H2,1-2H3,(H,27,28,30). The fourth-order valence-corrected chi connectivity index (χ4v) is 5.12. The highest BCUT2D eigenvalue weighted by molar-refractivity contribution is 7.14. The molecule has 3 aromatic heterocycles. The number of fused-ring (bicyclic) bond motifs is 1. The Labute approximate surface area is 199 Å². The molecule has 33 heavy (non-hydrogen) atoms. The van der Waals surface area contributed by atoms with E-state index in [0.29, 0.717) is 16.6 Å². The van der Waals surface area contributed by atoms with Crippen molar-refractivity contribution in [2.75, 3.05) is 5.32 Å². The summed E-state index contributed by atoms with van der Waals surface area (Å²) in [5.74, 6) is 0.640. The van der Waals surface area contributed by atoms with E-state index < -0.39 is 0 Å². The average Bonchev–Trinajstić information content (AvgIpc) is 3.57. The molecule has 0 aliphatic carbocycles. The van der Waals surface area contributed by atoms with Gasteiger partial charge in [0, 0.05) is 28.7 Å². The Bertz CT molecular complexity index is 1430. The van der Waals surface area contributed by atoms with Gasteiger partial charge in [0.1, 0.15) is 12.4 Å². The first-order valence-corrected chi connectivity index (χ1v) is 12.4. The molecular formula is C25H22N4O2S2. The third-order valence-electron chi connectivity index (χ3n) is 5.41. The first-order valence-electron chi connectivity index (χ1n) is 10.6. The molecule has 0 aliphatic rings. The fourth-order valence-electron chi connectivity index (χ4n) is 3.62. The summed E-state index contributed by atoms with van der Waals surface area (Å²) in [7, 11) is 0. The van der Waals surface area contributed by atoms with Crippen LogP contribution < -0.4 is 10.1 Å². The Morgan fingerprint density at radius 3 is 2.76 bits per heavy atom. The number of nitrogens with zero attached hydrogens (tertiary/aromatic N) is 3. The molecule has 2 aromatic carbocycles. The number of carbonyl (C=O) groups is 1. The third kappa shape index (κ3) is 4.53. The van der Waals surface area contributed by atoms with Crippen molar-refractivity contribution in [2.45, 2.75) is 27.0 Å². The van der Waals surface area contributed by atoms with E-state index >= 15 is 0 Å². The number of aryl methyl sites for hydroxylation is 1. The number of carbonyl (C=O) groups excluding carboxylic acids is 1. The second kappa shape index (κ2) is 9.17. The molecule has 1 amide bonds. The normalized spacial score (nSPS) is 11.1.